The molecular weight excluding hydrogens is 374 g/mol. The van der Waals surface area contributed by atoms with Crippen LogP contribution in [0.3, 0.4) is 0 Å². The van der Waals surface area contributed by atoms with Gasteiger partial charge in [0, 0.05) is 12.5 Å². The quantitative estimate of drug-likeness (QED) is 0.672. The van der Waals surface area contributed by atoms with Crippen molar-refractivity contribution in [2.75, 3.05) is 13.6 Å². The van der Waals surface area contributed by atoms with Crippen molar-refractivity contribution in [3.8, 4) is 0 Å². The summed E-state index contributed by atoms with van der Waals surface area (Å²) in [6, 6.07) is 21.6. The van der Waals surface area contributed by atoms with Crippen molar-refractivity contribution in [3.63, 3.8) is 0 Å². The van der Waals surface area contributed by atoms with E-state index < -0.39 is 8.32 Å². The number of nitrogens with one attached hydrogen (secondary N) is 1. The average molecular weight is 410 g/mol. The molecule has 2 aromatic rings. The molecule has 0 aliphatic heterocycles. The molecule has 0 aromatic heterocycles. The molecule has 0 heterocycles. The molecule has 1 aliphatic carbocycles. The van der Waals surface area contributed by atoms with Crippen molar-refractivity contribution in [1.29, 1.82) is 0 Å². The highest BCUT2D eigenvalue weighted by atomic mass is 28.4. The molecule has 29 heavy (non-hydrogen) atoms. The standard InChI is InChI=1S/C25H35NO2Si/c1-25(2,3)29(22-13-7-5-8-14-22,23-15-9-6-10-16-23)28-24-17-11-12-20(24)18-21(27)19-26-4/h5-10,13-16,20,24,26H,11-12,17-19H2,1-4H3/t20-,24-/m0/s1. The first-order valence-electron chi connectivity index (χ1n) is 10.8. The number of benzene rings is 2. The Morgan fingerprint density at radius 1 is 1.00 bits per heavy atom. The normalized spacial score (nSPS) is 20.0. The third-order valence-corrected chi connectivity index (χ3v) is 11.3. The minimum absolute atomic E-state index is 0.0299. The summed E-state index contributed by atoms with van der Waals surface area (Å²) in [7, 11) is -0.716. The van der Waals surface area contributed by atoms with Crippen LogP contribution in [0.2, 0.25) is 5.04 Å². The summed E-state index contributed by atoms with van der Waals surface area (Å²) in [5.41, 5.74) is 0. The van der Waals surface area contributed by atoms with Crippen molar-refractivity contribution in [2.45, 2.75) is 57.6 Å². The summed E-state index contributed by atoms with van der Waals surface area (Å²) in [5.74, 6) is 0.605. The smallest absolute Gasteiger partial charge is 0.261 e. The van der Waals surface area contributed by atoms with Gasteiger partial charge in [0.05, 0.1) is 6.54 Å². The minimum atomic E-state index is -2.55. The van der Waals surface area contributed by atoms with Gasteiger partial charge in [-0.05, 0) is 41.2 Å². The number of carbonyl (C=O) groups is 1. The van der Waals surface area contributed by atoms with E-state index in [1.54, 1.807) is 0 Å². The molecule has 3 nitrogen and oxygen atoms in total. The Hall–Kier alpha value is -1.75. The predicted octanol–water partition coefficient (Wildman–Crippen LogP) is 3.91. The number of rotatable bonds is 8. The van der Waals surface area contributed by atoms with Gasteiger partial charge in [0.15, 0.2) is 0 Å². The molecule has 0 unspecified atom stereocenters. The van der Waals surface area contributed by atoms with Gasteiger partial charge in [0.25, 0.3) is 8.32 Å². The highest BCUT2D eigenvalue weighted by molar-refractivity contribution is 6.99. The fourth-order valence-corrected chi connectivity index (χ4v) is 9.65. The molecule has 0 spiro atoms. The zero-order chi connectivity index (χ0) is 20.9. The molecule has 2 aromatic carbocycles. The molecule has 1 saturated carbocycles. The van der Waals surface area contributed by atoms with Gasteiger partial charge in [0.2, 0.25) is 0 Å². The lowest BCUT2D eigenvalue weighted by Gasteiger charge is -2.45. The van der Waals surface area contributed by atoms with Gasteiger partial charge >= 0.3 is 0 Å². The molecule has 0 saturated heterocycles. The lowest BCUT2D eigenvalue weighted by atomic mass is 9.99. The third-order valence-electron chi connectivity index (χ3n) is 6.20. The first kappa shape index (κ1) is 21.9. The molecule has 2 atom stereocenters. The van der Waals surface area contributed by atoms with Crippen LogP contribution < -0.4 is 15.7 Å². The largest absolute Gasteiger partial charge is 0.404 e. The van der Waals surface area contributed by atoms with Gasteiger partial charge in [-0.1, -0.05) is 87.9 Å². The van der Waals surface area contributed by atoms with E-state index in [2.05, 4.69) is 86.8 Å². The van der Waals surface area contributed by atoms with Crippen LogP contribution in [-0.2, 0) is 9.22 Å². The maximum Gasteiger partial charge on any atom is 0.261 e. The maximum absolute atomic E-state index is 12.3. The lowest BCUT2D eigenvalue weighted by Crippen LogP contribution is -2.68. The molecule has 0 radical (unpaired) electrons. The summed E-state index contributed by atoms with van der Waals surface area (Å²) in [5, 5.41) is 5.59. The fourth-order valence-electron chi connectivity index (χ4n) is 4.87. The summed E-state index contributed by atoms with van der Waals surface area (Å²) in [6.45, 7) is 7.39. The Bertz CT molecular complexity index is 746. The molecule has 4 heteroatoms. The Morgan fingerprint density at radius 2 is 1.55 bits per heavy atom. The van der Waals surface area contributed by atoms with Crippen molar-refractivity contribution in [1.82, 2.24) is 5.32 Å². The number of ketones is 1. The van der Waals surface area contributed by atoms with E-state index in [1.807, 2.05) is 7.05 Å². The first-order chi connectivity index (χ1) is 13.9. The number of hydrogen-bond acceptors (Lipinski definition) is 3. The molecule has 0 amide bonds. The SMILES string of the molecule is CNCC(=O)C[C@@H]1CCC[C@@H]1O[Si](c1ccccc1)(c1ccccc1)C(C)(C)C. The van der Waals surface area contributed by atoms with E-state index in [4.69, 9.17) is 4.43 Å². The van der Waals surface area contributed by atoms with Crippen LogP contribution in [0.1, 0.15) is 46.5 Å². The van der Waals surface area contributed by atoms with Gasteiger partial charge in [-0.3, -0.25) is 4.79 Å². The Balaban J connectivity index is 2.03. The Labute approximate surface area is 177 Å². The van der Waals surface area contributed by atoms with Crippen LogP contribution in [0.4, 0.5) is 0 Å². The summed E-state index contributed by atoms with van der Waals surface area (Å²) < 4.78 is 7.29. The summed E-state index contributed by atoms with van der Waals surface area (Å²) in [4.78, 5) is 12.3. The zero-order valence-electron chi connectivity index (χ0n) is 18.3. The van der Waals surface area contributed by atoms with Gasteiger partial charge < -0.3 is 9.74 Å². The minimum Gasteiger partial charge on any atom is -0.404 e. The van der Waals surface area contributed by atoms with E-state index >= 15 is 0 Å². The molecule has 1 N–H and O–H groups in total. The van der Waals surface area contributed by atoms with Gasteiger partial charge in [-0.2, -0.15) is 0 Å². The molecule has 1 aliphatic rings. The van der Waals surface area contributed by atoms with E-state index in [-0.39, 0.29) is 16.9 Å². The van der Waals surface area contributed by atoms with Crippen LogP contribution in [0, 0.1) is 5.92 Å². The Kier molecular flexibility index (Phi) is 7.09. The second-order valence-electron chi connectivity index (χ2n) is 9.28. The van der Waals surface area contributed by atoms with Crippen molar-refractivity contribution in [2.24, 2.45) is 5.92 Å². The van der Waals surface area contributed by atoms with Crippen LogP contribution in [0.15, 0.2) is 60.7 Å². The number of carbonyl (C=O) groups excluding carboxylic acids is 1. The van der Waals surface area contributed by atoms with E-state index in [0.29, 0.717) is 18.9 Å². The van der Waals surface area contributed by atoms with Crippen LogP contribution in [-0.4, -0.2) is 33.8 Å². The summed E-state index contributed by atoms with van der Waals surface area (Å²) in [6.07, 6.45) is 4.02. The lowest BCUT2D eigenvalue weighted by molar-refractivity contribution is -0.119. The molecule has 156 valence electrons. The van der Waals surface area contributed by atoms with Crippen molar-refractivity contribution < 1.29 is 9.22 Å². The number of Topliss-reactive ketones (excluding diaryl/α,β-unsaturated/α-hetero) is 1. The maximum atomic E-state index is 12.3. The molecular formula is C25H35NO2Si. The predicted molar refractivity (Wildman–Crippen MR) is 123 cm³/mol. The molecule has 0 bridgehead atoms. The second-order valence-corrected chi connectivity index (χ2v) is 13.5. The van der Waals surface area contributed by atoms with Crippen LogP contribution in [0.5, 0.6) is 0 Å². The van der Waals surface area contributed by atoms with Crippen molar-refractivity contribution in [3.05, 3.63) is 60.7 Å². The average Bonchev–Trinajstić information content (AvgIpc) is 3.13. The zero-order valence-corrected chi connectivity index (χ0v) is 19.3. The molecule has 1 fully saturated rings. The van der Waals surface area contributed by atoms with Crippen LogP contribution in [0.25, 0.3) is 0 Å². The van der Waals surface area contributed by atoms with Crippen LogP contribution >= 0.6 is 0 Å². The van der Waals surface area contributed by atoms with E-state index in [9.17, 15) is 4.79 Å². The van der Waals surface area contributed by atoms with E-state index in [1.165, 1.54) is 10.4 Å². The number of hydrogen-bond donors (Lipinski definition) is 1. The second kappa shape index (κ2) is 9.37. The first-order valence-corrected chi connectivity index (χ1v) is 12.7. The van der Waals surface area contributed by atoms with Crippen molar-refractivity contribution >= 4 is 24.5 Å². The summed E-state index contributed by atoms with van der Waals surface area (Å²) >= 11 is 0. The van der Waals surface area contributed by atoms with Gasteiger partial charge in [0.1, 0.15) is 5.78 Å². The fraction of sp³-hybridized carbons (Fsp3) is 0.480. The molecule has 3 rings (SSSR count). The highest BCUT2D eigenvalue weighted by Gasteiger charge is 2.52. The van der Waals surface area contributed by atoms with Gasteiger partial charge in [-0.25, -0.2) is 0 Å². The van der Waals surface area contributed by atoms with Gasteiger partial charge in [-0.15, -0.1) is 0 Å². The van der Waals surface area contributed by atoms with E-state index in [0.717, 1.165) is 19.3 Å². The highest BCUT2D eigenvalue weighted by Crippen LogP contribution is 2.41. The monoisotopic (exact) mass is 409 g/mol. The third kappa shape index (κ3) is 4.71. The topological polar surface area (TPSA) is 38.3 Å². The number of likely N-dealkylation sites (N-methyl/N-ethyl adjacent to an activating group) is 1. The Morgan fingerprint density at radius 3 is 2.03 bits per heavy atom.